The van der Waals surface area contributed by atoms with E-state index in [1.54, 1.807) is 0 Å². The van der Waals surface area contributed by atoms with Crippen LogP contribution in [0.4, 0.5) is 5.69 Å². The topological polar surface area (TPSA) is 47.6 Å². The van der Waals surface area contributed by atoms with Crippen molar-refractivity contribution in [3.63, 3.8) is 0 Å². The number of benzene rings is 1. The van der Waals surface area contributed by atoms with Crippen molar-refractivity contribution in [2.45, 2.75) is 19.6 Å². The summed E-state index contributed by atoms with van der Waals surface area (Å²) in [5, 5.41) is 5.24. The summed E-state index contributed by atoms with van der Waals surface area (Å²) >= 11 is 1.53. The molecule has 0 radical (unpaired) electrons. The van der Waals surface area contributed by atoms with Gasteiger partial charge in [-0.2, -0.15) is 0 Å². The second-order valence-corrected chi connectivity index (χ2v) is 7.40. The zero-order valence-corrected chi connectivity index (χ0v) is 13.9. The van der Waals surface area contributed by atoms with Crippen LogP contribution in [0.15, 0.2) is 47.8 Å². The van der Waals surface area contributed by atoms with Gasteiger partial charge in [-0.05, 0) is 37.4 Å². The van der Waals surface area contributed by atoms with E-state index < -0.39 is 13.4 Å². The van der Waals surface area contributed by atoms with E-state index in [1.807, 2.05) is 61.7 Å². The van der Waals surface area contributed by atoms with Crippen molar-refractivity contribution in [3.05, 3.63) is 52.7 Å². The van der Waals surface area contributed by atoms with Gasteiger partial charge in [-0.3, -0.25) is 4.57 Å². The molecule has 0 saturated carbocycles. The van der Waals surface area contributed by atoms with Crippen LogP contribution < -0.4 is 5.32 Å². The number of rotatable bonds is 8. The maximum atomic E-state index is 13.1. The SMILES string of the molecule is CCOP(=O)(OCC)C(Nc1ccccc1)c1cccs1. The third kappa shape index (κ3) is 4.17. The maximum absolute atomic E-state index is 13.1. The summed E-state index contributed by atoms with van der Waals surface area (Å²) in [5.74, 6) is -0.500. The molecule has 4 nitrogen and oxygen atoms in total. The summed E-state index contributed by atoms with van der Waals surface area (Å²) in [7, 11) is -3.28. The highest BCUT2D eigenvalue weighted by molar-refractivity contribution is 7.54. The highest BCUT2D eigenvalue weighted by Crippen LogP contribution is 2.61. The van der Waals surface area contributed by atoms with E-state index >= 15 is 0 Å². The largest absolute Gasteiger partial charge is 0.367 e. The Morgan fingerprint density at radius 1 is 1.10 bits per heavy atom. The standard InChI is InChI=1S/C15H20NO3PS/c1-3-18-20(17,19-4-2)15(14-11-8-12-21-14)16-13-9-6-5-7-10-13/h5-12,15-16H,3-4H2,1-2H3. The van der Waals surface area contributed by atoms with E-state index in [2.05, 4.69) is 5.32 Å². The lowest BCUT2D eigenvalue weighted by Crippen LogP contribution is -2.14. The Balaban J connectivity index is 2.33. The second kappa shape index (κ2) is 7.76. The molecule has 0 saturated heterocycles. The molecule has 1 N–H and O–H groups in total. The molecule has 114 valence electrons. The molecule has 0 fully saturated rings. The second-order valence-electron chi connectivity index (χ2n) is 4.30. The molecule has 2 aromatic rings. The van der Waals surface area contributed by atoms with Gasteiger partial charge in [0.05, 0.1) is 13.2 Å². The average Bonchev–Trinajstić information content (AvgIpc) is 3.00. The number of para-hydroxylation sites is 1. The summed E-state index contributed by atoms with van der Waals surface area (Å²) in [4.78, 5) is 0.934. The van der Waals surface area contributed by atoms with E-state index in [0.29, 0.717) is 13.2 Å². The lowest BCUT2D eigenvalue weighted by molar-refractivity contribution is 0.214. The number of hydrogen-bond acceptors (Lipinski definition) is 5. The fourth-order valence-corrected chi connectivity index (χ4v) is 5.02. The average molecular weight is 325 g/mol. The fraction of sp³-hybridized carbons (Fsp3) is 0.333. The summed E-state index contributed by atoms with van der Waals surface area (Å²) < 4.78 is 24.1. The Kier molecular flexibility index (Phi) is 6.00. The van der Waals surface area contributed by atoms with Gasteiger partial charge in [0.1, 0.15) is 0 Å². The maximum Gasteiger partial charge on any atom is 0.358 e. The van der Waals surface area contributed by atoms with Crippen molar-refractivity contribution in [3.8, 4) is 0 Å². The first kappa shape index (κ1) is 16.2. The Labute approximate surface area is 129 Å². The highest BCUT2D eigenvalue weighted by atomic mass is 32.1. The molecule has 1 heterocycles. The fourth-order valence-electron chi connectivity index (χ4n) is 1.99. The minimum absolute atomic E-state index is 0.343. The predicted molar refractivity (Wildman–Crippen MR) is 88.0 cm³/mol. The number of thiophene rings is 1. The van der Waals surface area contributed by atoms with Gasteiger partial charge in [0.15, 0.2) is 5.78 Å². The van der Waals surface area contributed by atoms with Gasteiger partial charge in [0.2, 0.25) is 0 Å². The number of hydrogen-bond donors (Lipinski definition) is 1. The molecule has 1 aromatic heterocycles. The van der Waals surface area contributed by atoms with Crippen LogP contribution in [-0.4, -0.2) is 13.2 Å². The van der Waals surface area contributed by atoms with E-state index in [-0.39, 0.29) is 0 Å². The Morgan fingerprint density at radius 2 is 1.76 bits per heavy atom. The van der Waals surface area contributed by atoms with E-state index in [9.17, 15) is 4.57 Å². The van der Waals surface area contributed by atoms with Crippen LogP contribution in [0, 0.1) is 0 Å². The van der Waals surface area contributed by atoms with Crippen molar-refractivity contribution in [1.29, 1.82) is 0 Å². The molecule has 0 spiro atoms. The monoisotopic (exact) mass is 325 g/mol. The summed E-state index contributed by atoms with van der Waals surface area (Å²) in [6.07, 6.45) is 0. The first-order valence-corrected chi connectivity index (χ1v) is 9.42. The Morgan fingerprint density at radius 3 is 2.29 bits per heavy atom. The molecule has 0 aliphatic carbocycles. The molecule has 0 bridgehead atoms. The summed E-state index contributed by atoms with van der Waals surface area (Å²) in [6, 6.07) is 13.5. The van der Waals surface area contributed by atoms with Crippen molar-refractivity contribution in [2.75, 3.05) is 18.5 Å². The summed E-state index contributed by atoms with van der Waals surface area (Å²) in [5.41, 5.74) is 0.885. The van der Waals surface area contributed by atoms with Crippen LogP contribution >= 0.6 is 18.9 Å². The van der Waals surface area contributed by atoms with E-state index in [1.165, 1.54) is 11.3 Å². The van der Waals surface area contributed by atoms with Crippen molar-refractivity contribution >= 4 is 24.6 Å². The third-order valence-corrected chi connectivity index (χ3v) is 6.21. The van der Waals surface area contributed by atoms with Gasteiger partial charge >= 0.3 is 7.60 Å². The van der Waals surface area contributed by atoms with Gasteiger partial charge in [0.25, 0.3) is 0 Å². The van der Waals surface area contributed by atoms with Crippen molar-refractivity contribution in [1.82, 2.24) is 0 Å². The molecule has 1 atom stereocenters. The van der Waals surface area contributed by atoms with Gasteiger partial charge in [-0.15, -0.1) is 11.3 Å². The molecule has 1 aromatic carbocycles. The number of nitrogens with one attached hydrogen (secondary N) is 1. The number of anilines is 1. The molecule has 0 aliphatic rings. The van der Waals surface area contributed by atoms with Crippen LogP contribution in [0.5, 0.6) is 0 Å². The smallest absolute Gasteiger partial charge is 0.358 e. The first-order chi connectivity index (χ1) is 10.2. The minimum atomic E-state index is -3.28. The zero-order valence-electron chi connectivity index (χ0n) is 12.2. The van der Waals surface area contributed by atoms with Gasteiger partial charge in [-0.25, -0.2) is 0 Å². The van der Waals surface area contributed by atoms with E-state index in [4.69, 9.17) is 9.05 Å². The molecule has 21 heavy (non-hydrogen) atoms. The normalized spacial score (nSPS) is 13.0. The lowest BCUT2D eigenvalue weighted by atomic mass is 10.3. The minimum Gasteiger partial charge on any atom is -0.367 e. The van der Waals surface area contributed by atoms with Gasteiger partial charge in [0, 0.05) is 10.6 Å². The molecular weight excluding hydrogens is 305 g/mol. The molecule has 0 aliphatic heterocycles. The summed E-state index contributed by atoms with van der Waals surface area (Å²) in [6.45, 7) is 4.32. The van der Waals surface area contributed by atoms with Crippen LogP contribution in [0.3, 0.4) is 0 Å². The van der Waals surface area contributed by atoms with Gasteiger partial charge in [-0.1, -0.05) is 24.3 Å². The quantitative estimate of drug-likeness (QED) is 0.684. The molecule has 0 amide bonds. The Hall–Kier alpha value is -1.13. The Bertz CT molecular complexity index is 564. The molecule has 1 unspecified atom stereocenters. The predicted octanol–water partition coefficient (Wildman–Crippen LogP) is 5.12. The van der Waals surface area contributed by atoms with Gasteiger partial charge < -0.3 is 14.4 Å². The lowest BCUT2D eigenvalue weighted by Gasteiger charge is -2.27. The molecule has 6 heteroatoms. The molecular formula is C15H20NO3PS. The van der Waals surface area contributed by atoms with Crippen LogP contribution in [0.1, 0.15) is 24.5 Å². The van der Waals surface area contributed by atoms with Crippen molar-refractivity contribution in [2.24, 2.45) is 0 Å². The van der Waals surface area contributed by atoms with E-state index in [0.717, 1.165) is 10.6 Å². The highest BCUT2D eigenvalue weighted by Gasteiger charge is 2.37. The first-order valence-electron chi connectivity index (χ1n) is 6.93. The van der Waals surface area contributed by atoms with Crippen LogP contribution in [0.25, 0.3) is 0 Å². The van der Waals surface area contributed by atoms with Crippen LogP contribution in [0.2, 0.25) is 0 Å². The van der Waals surface area contributed by atoms with Crippen molar-refractivity contribution < 1.29 is 13.6 Å². The molecule has 2 rings (SSSR count). The zero-order chi connectivity index (χ0) is 15.1. The van der Waals surface area contributed by atoms with Crippen LogP contribution in [-0.2, 0) is 13.6 Å². The third-order valence-electron chi connectivity index (χ3n) is 2.82.